The number of nitrogens with one attached hydrogen (secondary N) is 1. The van der Waals surface area contributed by atoms with E-state index in [1.807, 2.05) is 6.92 Å². The van der Waals surface area contributed by atoms with Gasteiger partial charge in [0.25, 0.3) is 11.8 Å². The Bertz CT molecular complexity index is 1410. The van der Waals surface area contributed by atoms with Crippen LogP contribution in [0.25, 0.3) is 6.08 Å². The number of halogens is 2. The van der Waals surface area contributed by atoms with Crippen LogP contribution in [-0.4, -0.2) is 23.8 Å². The highest BCUT2D eigenvalue weighted by atomic mass is 79.9. The molecule has 1 fully saturated rings. The molecule has 4 amide bonds. The first kappa shape index (κ1) is 24.6. The Morgan fingerprint density at radius 1 is 0.971 bits per heavy atom. The van der Waals surface area contributed by atoms with E-state index >= 15 is 0 Å². The second kappa shape index (κ2) is 9.97. The predicted molar refractivity (Wildman–Crippen MR) is 138 cm³/mol. The minimum Gasteiger partial charge on any atom is -0.421 e. The van der Waals surface area contributed by atoms with Crippen LogP contribution in [0.15, 0.2) is 75.2 Å². The third-order valence-electron chi connectivity index (χ3n) is 5.28. The first-order valence-electron chi connectivity index (χ1n) is 10.4. The molecule has 0 bridgehead atoms. The number of imide groups is 2. The number of esters is 1. The van der Waals surface area contributed by atoms with Crippen molar-refractivity contribution < 1.29 is 23.9 Å². The minimum atomic E-state index is -0.850. The van der Waals surface area contributed by atoms with Gasteiger partial charge in [-0.2, -0.15) is 0 Å². The van der Waals surface area contributed by atoms with Gasteiger partial charge >= 0.3 is 12.0 Å². The van der Waals surface area contributed by atoms with Crippen molar-refractivity contribution in [3.05, 3.63) is 97.4 Å². The number of para-hydroxylation sites is 1. The van der Waals surface area contributed by atoms with Gasteiger partial charge in [-0.3, -0.25) is 14.9 Å². The second-order valence-corrected chi connectivity index (χ2v) is 9.58. The summed E-state index contributed by atoms with van der Waals surface area (Å²) in [4.78, 5) is 52.2. The van der Waals surface area contributed by atoms with E-state index in [9.17, 15) is 19.2 Å². The number of urea groups is 1. The fraction of sp³-hybridized carbons (Fsp3) is 0.0769. The Balaban J connectivity index is 1.76. The average molecular weight is 598 g/mol. The van der Waals surface area contributed by atoms with Crippen LogP contribution in [0.3, 0.4) is 0 Å². The van der Waals surface area contributed by atoms with Crippen molar-refractivity contribution in [2.24, 2.45) is 0 Å². The SMILES string of the molecule is Cc1ccc(C(=O)Oc2c(Br)cc(Br)cc2/C=C2/C(=O)NC(=O)N(c3ccccc3C)C2=O)cc1. The van der Waals surface area contributed by atoms with Crippen LogP contribution in [0, 0.1) is 13.8 Å². The van der Waals surface area contributed by atoms with E-state index in [2.05, 4.69) is 37.2 Å². The number of barbiturate groups is 1. The second-order valence-electron chi connectivity index (χ2n) is 7.81. The Kier molecular flexibility index (Phi) is 7.00. The minimum absolute atomic E-state index is 0.117. The number of ether oxygens (including phenoxy) is 1. The molecular weight excluding hydrogens is 580 g/mol. The zero-order valence-corrected chi connectivity index (χ0v) is 21.8. The summed E-state index contributed by atoms with van der Waals surface area (Å²) in [5.41, 5.74) is 2.37. The number of carbonyl (C=O) groups excluding carboxylic acids is 4. The lowest BCUT2D eigenvalue weighted by Gasteiger charge is -2.27. The van der Waals surface area contributed by atoms with Gasteiger partial charge in [-0.1, -0.05) is 51.8 Å². The molecule has 0 saturated carbocycles. The van der Waals surface area contributed by atoms with Crippen molar-refractivity contribution in [2.75, 3.05) is 4.90 Å². The van der Waals surface area contributed by atoms with Crippen molar-refractivity contribution in [1.29, 1.82) is 0 Å². The van der Waals surface area contributed by atoms with Gasteiger partial charge in [0.15, 0.2) is 5.75 Å². The van der Waals surface area contributed by atoms with Gasteiger partial charge < -0.3 is 4.74 Å². The Morgan fingerprint density at radius 2 is 1.66 bits per heavy atom. The first-order chi connectivity index (χ1) is 16.7. The van der Waals surface area contributed by atoms with Crippen LogP contribution in [0.1, 0.15) is 27.0 Å². The smallest absolute Gasteiger partial charge is 0.343 e. The van der Waals surface area contributed by atoms with Gasteiger partial charge in [-0.15, -0.1) is 0 Å². The van der Waals surface area contributed by atoms with Crippen LogP contribution in [0.5, 0.6) is 5.75 Å². The van der Waals surface area contributed by atoms with Gasteiger partial charge in [-0.05, 0) is 71.7 Å². The standard InChI is InChI=1S/C26H18Br2N2O5/c1-14-7-9-16(10-8-14)25(33)35-22-17(11-18(27)13-20(22)28)12-19-23(31)29-26(34)30(24(19)32)21-6-4-3-5-15(21)2/h3-13H,1-2H3,(H,29,31,34)/b19-12-. The summed E-state index contributed by atoms with van der Waals surface area (Å²) in [6, 6.07) is 16.1. The zero-order chi connectivity index (χ0) is 25.3. The van der Waals surface area contributed by atoms with Crippen molar-refractivity contribution in [2.45, 2.75) is 13.8 Å². The topological polar surface area (TPSA) is 92.8 Å². The molecule has 0 atom stereocenters. The number of amides is 4. The van der Waals surface area contributed by atoms with E-state index in [0.717, 1.165) is 10.5 Å². The molecule has 0 spiro atoms. The summed E-state index contributed by atoms with van der Waals surface area (Å²) in [5, 5.41) is 2.20. The Morgan fingerprint density at radius 3 is 2.34 bits per heavy atom. The highest BCUT2D eigenvalue weighted by Gasteiger charge is 2.37. The lowest BCUT2D eigenvalue weighted by molar-refractivity contribution is -0.122. The summed E-state index contributed by atoms with van der Waals surface area (Å²) in [5.74, 6) is -2.13. The molecule has 1 aliphatic heterocycles. The molecule has 3 aromatic rings. The maximum absolute atomic E-state index is 13.3. The number of nitrogens with zero attached hydrogens (tertiary/aromatic N) is 1. The number of benzene rings is 3. The van der Waals surface area contributed by atoms with Crippen molar-refractivity contribution in [3.63, 3.8) is 0 Å². The van der Waals surface area contributed by atoms with E-state index in [1.165, 1.54) is 6.08 Å². The third-order valence-corrected chi connectivity index (χ3v) is 6.32. The predicted octanol–water partition coefficient (Wildman–Crippen LogP) is 5.71. The maximum atomic E-state index is 13.3. The number of rotatable bonds is 4. The molecule has 0 aliphatic carbocycles. The Labute approximate surface area is 218 Å². The molecule has 0 radical (unpaired) electrons. The maximum Gasteiger partial charge on any atom is 0.343 e. The lowest BCUT2D eigenvalue weighted by Crippen LogP contribution is -2.54. The fourth-order valence-corrected chi connectivity index (χ4v) is 4.82. The molecule has 3 aromatic carbocycles. The molecule has 176 valence electrons. The molecule has 7 nitrogen and oxygen atoms in total. The van der Waals surface area contributed by atoms with E-state index in [-0.39, 0.29) is 16.9 Å². The highest BCUT2D eigenvalue weighted by molar-refractivity contribution is 9.11. The van der Waals surface area contributed by atoms with Crippen molar-refractivity contribution >= 4 is 67.4 Å². The lowest BCUT2D eigenvalue weighted by atomic mass is 10.0. The zero-order valence-electron chi connectivity index (χ0n) is 18.6. The molecule has 1 heterocycles. The molecule has 0 unspecified atom stereocenters. The van der Waals surface area contributed by atoms with Crippen LogP contribution in [-0.2, 0) is 9.59 Å². The number of hydrogen-bond donors (Lipinski definition) is 1. The quantitative estimate of drug-likeness (QED) is 0.180. The number of aryl methyl sites for hydroxylation is 2. The number of carbonyl (C=O) groups is 4. The monoisotopic (exact) mass is 596 g/mol. The van der Waals surface area contributed by atoms with Crippen LogP contribution >= 0.6 is 31.9 Å². The van der Waals surface area contributed by atoms with Crippen molar-refractivity contribution in [1.82, 2.24) is 5.32 Å². The summed E-state index contributed by atoms with van der Waals surface area (Å²) >= 11 is 6.77. The van der Waals surface area contributed by atoms with E-state index < -0.39 is 23.8 Å². The first-order valence-corrected chi connectivity index (χ1v) is 12.0. The molecular formula is C26H18Br2N2O5. The highest BCUT2D eigenvalue weighted by Crippen LogP contribution is 2.36. The molecule has 1 aliphatic rings. The van der Waals surface area contributed by atoms with Gasteiger partial charge in [0, 0.05) is 10.0 Å². The average Bonchev–Trinajstić information content (AvgIpc) is 2.80. The number of anilines is 1. The van der Waals surface area contributed by atoms with E-state index in [1.54, 1.807) is 67.6 Å². The molecule has 9 heteroatoms. The summed E-state index contributed by atoms with van der Waals surface area (Å²) in [7, 11) is 0. The number of hydrogen-bond acceptors (Lipinski definition) is 5. The van der Waals surface area contributed by atoms with Gasteiger partial charge in [0.2, 0.25) is 0 Å². The molecule has 4 rings (SSSR count). The van der Waals surface area contributed by atoms with Crippen molar-refractivity contribution in [3.8, 4) is 5.75 Å². The molecule has 35 heavy (non-hydrogen) atoms. The molecule has 1 N–H and O–H groups in total. The summed E-state index contributed by atoms with van der Waals surface area (Å²) < 4.78 is 6.68. The van der Waals surface area contributed by atoms with Crippen LogP contribution in [0.2, 0.25) is 0 Å². The van der Waals surface area contributed by atoms with E-state index in [0.29, 0.717) is 25.8 Å². The normalized spacial score (nSPS) is 14.8. The van der Waals surface area contributed by atoms with Gasteiger partial charge in [-0.25, -0.2) is 14.5 Å². The largest absolute Gasteiger partial charge is 0.421 e. The summed E-state index contributed by atoms with van der Waals surface area (Å²) in [6.45, 7) is 3.66. The molecule has 1 saturated heterocycles. The molecule has 0 aromatic heterocycles. The van der Waals surface area contributed by atoms with E-state index in [4.69, 9.17) is 4.74 Å². The third kappa shape index (κ3) is 5.11. The van der Waals surface area contributed by atoms with Crippen LogP contribution in [0.4, 0.5) is 10.5 Å². The summed E-state index contributed by atoms with van der Waals surface area (Å²) in [6.07, 6.45) is 1.29. The fourth-order valence-electron chi connectivity index (χ4n) is 3.48. The van der Waals surface area contributed by atoms with Gasteiger partial charge in [0.1, 0.15) is 5.57 Å². The van der Waals surface area contributed by atoms with Crippen LogP contribution < -0.4 is 15.0 Å². The van der Waals surface area contributed by atoms with Gasteiger partial charge in [0.05, 0.1) is 15.7 Å². The Hall–Kier alpha value is -3.56.